The number of alkyl halides is 3. The van der Waals surface area contributed by atoms with Crippen LogP contribution >= 0.6 is 11.6 Å². The van der Waals surface area contributed by atoms with E-state index in [4.69, 9.17) is 17.3 Å². The van der Waals surface area contributed by atoms with Gasteiger partial charge in [-0.1, -0.05) is 23.8 Å². The molecular weight excluding hydrogens is 471 g/mol. The Labute approximate surface area is 188 Å². The molecule has 2 amide bonds. The Hall–Kier alpha value is -2.11. The van der Waals surface area contributed by atoms with Gasteiger partial charge in [0.25, 0.3) is 0 Å². The van der Waals surface area contributed by atoms with Crippen molar-refractivity contribution in [2.45, 2.75) is 67.7 Å². The Morgan fingerprint density at radius 1 is 1.25 bits per heavy atom. The van der Waals surface area contributed by atoms with Gasteiger partial charge in [-0.2, -0.15) is 17.9 Å². The summed E-state index contributed by atoms with van der Waals surface area (Å²) < 4.78 is 67.4. The van der Waals surface area contributed by atoms with E-state index >= 15 is 0 Å². The van der Waals surface area contributed by atoms with E-state index in [1.165, 1.54) is 0 Å². The molecule has 2 aliphatic heterocycles. The van der Waals surface area contributed by atoms with E-state index in [2.05, 4.69) is 11.3 Å². The van der Waals surface area contributed by atoms with Crippen molar-refractivity contribution in [2.24, 2.45) is 5.73 Å². The van der Waals surface area contributed by atoms with Gasteiger partial charge in [0.2, 0.25) is 21.8 Å². The quantitative estimate of drug-likeness (QED) is 0.569. The summed E-state index contributed by atoms with van der Waals surface area (Å²) in [5.41, 5.74) is 4.87. The van der Waals surface area contributed by atoms with Crippen LogP contribution in [0.5, 0.6) is 0 Å². The van der Waals surface area contributed by atoms with Crippen LogP contribution in [0.1, 0.15) is 44.1 Å². The molecule has 2 bridgehead atoms. The fourth-order valence-corrected chi connectivity index (χ4v) is 5.79. The summed E-state index contributed by atoms with van der Waals surface area (Å²) in [7, 11) is -4.54. The van der Waals surface area contributed by atoms with Gasteiger partial charge in [0.05, 0.1) is 15.5 Å². The predicted octanol–water partition coefficient (Wildman–Crippen LogP) is 2.98. The number of nitrogens with two attached hydrogens (primary N) is 1. The van der Waals surface area contributed by atoms with Gasteiger partial charge in [-0.15, -0.1) is 0 Å². The first kappa shape index (κ1) is 24.5. The van der Waals surface area contributed by atoms with Crippen LogP contribution in [0, 0.1) is 0 Å². The molecule has 7 nitrogen and oxygen atoms in total. The Balaban J connectivity index is 1.89. The highest BCUT2D eigenvalue weighted by molar-refractivity contribution is 7.89. The molecule has 0 spiro atoms. The fraction of sp³-hybridized carbons (Fsp3) is 0.500. The predicted molar refractivity (Wildman–Crippen MR) is 111 cm³/mol. The number of benzene rings is 1. The monoisotopic (exact) mass is 493 g/mol. The zero-order valence-corrected chi connectivity index (χ0v) is 18.6. The number of hydrogen-bond donors (Lipinski definition) is 2. The van der Waals surface area contributed by atoms with Crippen molar-refractivity contribution in [1.82, 2.24) is 9.62 Å². The highest BCUT2D eigenvalue weighted by Crippen LogP contribution is 2.39. The maximum Gasteiger partial charge on any atom is 0.417 e. The van der Waals surface area contributed by atoms with Crippen LogP contribution in [0.2, 0.25) is 5.02 Å². The third-order valence-corrected chi connectivity index (χ3v) is 7.55. The van der Waals surface area contributed by atoms with Gasteiger partial charge in [0, 0.05) is 18.5 Å². The Bertz CT molecular complexity index is 1030. The van der Waals surface area contributed by atoms with Crippen LogP contribution < -0.4 is 10.5 Å². The lowest BCUT2D eigenvalue weighted by molar-refractivity contribution is -0.138. The smallest absolute Gasteiger partial charge is 0.370 e. The molecule has 0 radical (unpaired) electrons. The number of rotatable bonds is 7. The summed E-state index contributed by atoms with van der Waals surface area (Å²) in [6.07, 6.45) is -2.66. The van der Waals surface area contributed by atoms with E-state index in [0.717, 1.165) is 30.5 Å². The van der Waals surface area contributed by atoms with Crippen LogP contribution in [0.15, 0.2) is 35.2 Å². The van der Waals surface area contributed by atoms with E-state index in [9.17, 15) is 31.2 Å². The number of hydrogen-bond acceptors (Lipinski definition) is 4. The van der Waals surface area contributed by atoms with Gasteiger partial charge >= 0.3 is 6.18 Å². The van der Waals surface area contributed by atoms with Crippen molar-refractivity contribution in [3.63, 3.8) is 0 Å². The third kappa shape index (κ3) is 5.26. The summed E-state index contributed by atoms with van der Waals surface area (Å²) >= 11 is 5.57. The van der Waals surface area contributed by atoms with E-state index < -0.39 is 49.5 Å². The molecule has 0 aromatic heterocycles. The lowest BCUT2D eigenvalue weighted by Gasteiger charge is -2.38. The van der Waals surface area contributed by atoms with E-state index in [-0.39, 0.29) is 24.9 Å². The minimum absolute atomic E-state index is 0.123. The number of carbonyl (C=O) groups is 2. The molecular formula is C20H23ClF3N3O4S. The maximum atomic E-state index is 13.3. The van der Waals surface area contributed by atoms with Crippen LogP contribution in [0.4, 0.5) is 13.2 Å². The second kappa shape index (κ2) is 9.03. The van der Waals surface area contributed by atoms with Crippen molar-refractivity contribution in [3.8, 4) is 0 Å². The molecule has 12 heteroatoms. The molecule has 3 unspecified atom stereocenters. The highest BCUT2D eigenvalue weighted by atomic mass is 35.5. The lowest BCUT2D eigenvalue weighted by Crippen LogP contribution is -2.54. The number of nitrogens with one attached hydrogen (secondary N) is 1. The zero-order chi connectivity index (χ0) is 23.8. The zero-order valence-electron chi connectivity index (χ0n) is 17.0. The normalized spacial score (nSPS) is 22.1. The van der Waals surface area contributed by atoms with Gasteiger partial charge in [0.15, 0.2) is 0 Å². The number of carbonyl (C=O) groups excluding carboxylic acids is 2. The average molecular weight is 494 g/mol. The largest absolute Gasteiger partial charge is 0.417 e. The van der Waals surface area contributed by atoms with Crippen molar-refractivity contribution < 1.29 is 31.2 Å². The second-order valence-electron chi connectivity index (χ2n) is 8.11. The summed E-state index contributed by atoms with van der Waals surface area (Å²) in [6, 6.07) is 0.560. The van der Waals surface area contributed by atoms with Crippen molar-refractivity contribution in [2.75, 3.05) is 0 Å². The molecule has 32 heavy (non-hydrogen) atoms. The number of fused-ring (bicyclic) bond motifs is 2. The summed E-state index contributed by atoms with van der Waals surface area (Å²) in [6.45, 7) is 3.97. The summed E-state index contributed by atoms with van der Waals surface area (Å²) in [5, 5.41) is -0.650. The van der Waals surface area contributed by atoms with Gasteiger partial charge < -0.3 is 10.6 Å². The SMILES string of the molecule is C=C1CC2CCC(C1)N2C(=O)C(CCC(N)=O)NS(=O)(=O)c1ccc(Cl)c(C(F)(F)F)c1. The molecule has 2 heterocycles. The molecule has 0 saturated carbocycles. The topological polar surface area (TPSA) is 110 Å². The minimum atomic E-state index is -4.86. The first-order valence-corrected chi connectivity index (χ1v) is 11.8. The number of primary amides is 1. The number of piperidine rings is 1. The highest BCUT2D eigenvalue weighted by Gasteiger charge is 2.44. The van der Waals surface area contributed by atoms with E-state index in [1.807, 2.05) is 0 Å². The third-order valence-electron chi connectivity index (χ3n) is 5.75. The maximum absolute atomic E-state index is 13.3. The number of sulfonamides is 1. The van der Waals surface area contributed by atoms with Gasteiger partial charge in [-0.25, -0.2) is 8.42 Å². The molecule has 0 aliphatic carbocycles. The molecule has 1 aromatic rings. The molecule has 2 saturated heterocycles. The number of amides is 2. The molecule has 3 rings (SSSR count). The second-order valence-corrected chi connectivity index (χ2v) is 10.2. The average Bonchev–Trinajstić information content (AvgIpc) is 2.94. The van der Waals surface area contributed by atoms with E-state index in [1.54, 1.807) is 4.90 Å². The van der Waals surface area contributed by atoms with Gasteiger partial charge in [0.1, 0.15) is 6.04 Å². The molecule has 1 aromatic carbocycles. The Morgan fingerprint density at radius 3 is 2.38 bits per heavy atom. The van der Waals surface area contributed by atoms with Crippen LogP contribution in [-0.2, 0) is 25.8 Å². The molecule has 2 aliphatic rings. The van der Waals surface area contributed by atoms with Gasteiger partial charge in [-0.05, 0) is 50.3 Å². The van der Waals surface area contributed by atoms with Crippen LogP contribution in [0.25, 0.3) is 0 Å². The first-order chi connectivity index (χ1) is 14.8. The summed E-state index contributed by atoms with van der Waals surface area (Å²) in [4.78, 5) is 25.5. The standard InChI is InChI=1S/C20H23ClF3N3O4S/c1-11-8-12-2-3-13(9-11)27(12)19(29)17(6-7-18(25)28)26-32(30,31)14-4-5-16(21)15(10-14)20(22,23)24/h4-5,10,12-13,17,26H,1-3,6-9H2,(H2,25,28). The van der Waals surface area contributed by atoms with Crippen molar-refractivity contribution in [3.05, 3.63) is 40.9 Å². The first-order valence-electron chi connectivity index (χ1n) is 9.96. The molecule has 2 fully saturated rings. The van der Waals surface area contributed by atoms with Crippen LogP contribution in [0.3, 0.4) is 0 Å². The van der Waals surface area contributed by atoms with Crippen LogP contribution in [-0.4, -0.2) is 43.3 Å². The fourth-order valence-electron chi connectivity index (χ4n) is 4.32. The Kier molecular flexibility index (Phi) is 6.92. The van der Waals surface area contributed by atoms with Crippen molar-refractivity contribution >= 4 is 33.4 Å². The molecule has 176 valence electrons. The molecule has 3 atom stereocenters. The van der Waals surface area contributed by atoms with Gasteiger partial charge in [-0.3, -0.25) is 9.59 Å². The number of halogens is 4. The Morgan fingerprint density at radius 2 is 1.84 bits per heavy atom. The summed E-state index contributed by atoms with van der Waals surface area (Å²) in [5.74, 6) is -1.26. The molecule has 3 N–H and O–H groups in total. The van der Waals surface area contributed by atoms with Crippen molar-refractivity contribution in [1.29, 1.82) is 0 Å². The number of nitrogens with zero attached hydrogens (tertiary/aromatic N) is 1. The minimum Gasteiger partial charge on any atom is -0.370 e. The van der Waals surface area contributed by atoms with E-state index in [0.29, 0.717) is 18.9 Å². The lowest BCUT2D eigenvalue weighted by atomic mass is 9.97.